The zero-order chi connectivity index (χ0) is 11.3. The number of hydrazine groups is 1. The van der Waals surface area contributed by atoms with Crippen LogP contribution in [0.3, 0.4) is 0 Å². The number of carbonyl (C=O) groups is 1. The zero-order valence-corrected chi connectivity index (χ0v) is 9.08. The van der Waals surface area contributed by atoms with Crippen molar-refractivity contribution in [3.05, 3.63) is 29.8 Å². The molecule has 0 radical (unpaired) electrons. The van der Waals surface area contributed by atoms with Crippen molar-refractivity contribution in [2.24, 2.45) is 5.84 Å². The molecule has 1 atom stereocenters. The summed E-state index contributed by atoms with van der Waals surface area (Å²) in [5.41, 5.74) is 4.26. The Hall–Kier alpha value is -1.55. The molecule has 1 aromatic carbocycles. The Morgan fingerprint density at radius 3 is 2.47 bits per heavy atom. The molecule has 1 rings (SSSR count). The van der Waals surface area contributed by atoms with E-state index in [0.717, 1.165) is 5.69 Å². The van der Waals surface area contributed by atoms with Crippen molar-refractivity contribution in [3.8, 4) is 0 Å². The van der Waals surface area contributed by atoms with Crippen LogP contribution in [-0.4, -0.2) is 11.9 Å². The van der Waals surface area contributed by atoms with Gasteiger partial charge in [0.2, 0.25) is 0 Å². The molecule has 0 aliphatic rings. The van der Waals surface area contributed by atoms with Crippen LogP contribution in [0.2, 0.25) is 0 Å². The van der Waals surface area contributed by atoms with E-state index >= 15 is 0 Å². The van der Waals surface area contributed by atoms with E-state index in [-0.39, 0.29) is 11.9 Å². The zero-order valence-electron chi connectivity index (χ0n) is 9.08. The monoisotopic (exact) mass is 207 g/mol. The van der Waals surface area contributed by atoms with Crippen molar-refractivity contribution in [3.63, 3.8) is 0 Å². The van der Waals surface area contributed by atoms with Gasteiger partial charge in [-0.15, -0.1) is 0 Å². The largest absolute Gasteiger partial charge is 0.374 e. The van der Waals surface area contributed by atoms with Gasteiger partial charge in [-0.05, 0) is 25.5 Å². The van der Waals surface area contributed by atoms with E-state index in [4.69, 9.17) is 5.84 Å². The molecule has 0 heterocycles. The molecule has 0 fully saturated rings. The van der Waals surface area contributed by atoms with Crippen LogP contribution in [0.1, 0.15) is 18.9 Å². The van der Waals surface area contributed by atoms with Gasteiger partial charge >= 0.3 is 0 Å². The summed E-state index contributed by atoms with van der Waals surface area (Å²) in [5, 5.41) is 3.11. The van der Waals surface area contributed by atoms with Gasteiger partial charge in [-0.2, -0.15) is 0 Å². The second-order valence-corrected chi connectivity index (χ2v) is 3.48. The van der Waals surface area contributed by atoms with Crippen molar-refractivity contribution in [1.82, 2.24) is 5.43 Å². The van der Waals surface area contributed by atoms with Crippen LogP contribution in [0.15, 0.2) is 24.3 Å². The quantitative estimate of drug-likeness (QED) is 0.394. The van der Waals surface area contributed by atoms with Gasteiger partial charge in [-0.25, -0.2) is 5.84 Å². The molecule has 0 unspecified atom stereocenters. The lowest BCUT2D eigenvalue weighted by Crippen LogP contribution is -2.42. The van der Waals surface area contributed by atoms with Gasteiger partial charge in [0, 0.05) is 5.69 Å². The maximum Gasteiger partial charge on any atom is 0.256 e. The Morgan fingerprint density at radius 1 is 1.40 bits per heavy atom. The van der Waals surface area contributed by atoms with Gasteiger partial charge in [-0.1, -0.05) is 24.6 Å². The molecule has 0 bridgehead atoms. The first-order valence-corrected chi connectivity index (χ1v) is 5.01. The SMILES string of the molecule is CC[C@@H](Nc1ccc(C)cc1)C(=O)NN. The number of rotatable bonds is 4. The normalized spacial score (nSPS) is 11.9. The molecule has 4 nitrogen and oxygen atoms in total. The number of benzene rings is 1. The summed E-state index contributed by atoms with van der Waals surface area (Å²) in [6.45, 7) is 3.95. The fourth-order valence-electron chi connectivity index (χ4n) is 1.30. The number of anilines is 1. The van der Waals surface area contributed by atoms with Gasteiger partial charge in [0.25, 0.3) is 5.91 Å². The highest BCUT2D eigenvalue weighted by Crippen LogP contribution is 2.11. The van der Waals surface area contributed by atoms with Gasteiger partial charge in [0.15, 0.2) is 0 Å². The fraction of sp³-hybridized carbons (Fsp3) is 0.364. The molecule has 0 aliphatic carbocycles. The molecule has 0 saturated heterocycles. The number of amides is 1. The second kappa shape index (κ2) is 5.36. The number of nitrogens with two attached hydrogens (primary N) is 1. The fourth-order valence-corrected chi connectivity index (χ4v) is 1.30. The van der Waals surface area contributed by atoms with E-state index in [0.29, 0.717) is 6.42 Å². The topological polar surface area (TPSA) is 67.2 Å². The average Bonchev–Trinajstić information content (AvgIpc) is 2.27. The Labute approximate surface area is 89.8 Å². The third-order valence-corrected chi connectivity index (χ3v) is 2.26. The third kappa shape index (κ3) is 3.25. The molecule has 0 saturated carbocycles. The lowest BCUT2D eigenvalue weighted by Gasteiger charge is -2.16. The van der Waals surface area contributed by atoms with E-state index in [9.17, 15) is 4.79 Å². The molecule has 1 amide bonds. The number of aryl methyl sites for hydroxylation is 1. The van der Waals surface area contributed by atoms with Crippen molar-refractivity contribution >= 4 is 11.6 Å². The molecule has 0 aliphatic heterocycles. The molecule has 15 heavy (non-hydrogen) atoms. The van der Waals surface area contributed by atoms with Crippen LogP contribution in [0, 0.1) is 6.92 Å². The predicted molar refractivity (Wildman–Crippen MR) is 61.2 cm³/mol. The highest BCUT2D eigenvalue weighted by atomic mass is 16.2. The van der Waals surface area contributed by atoms with E-state index in [1.807, 2.05) is 38.1 Å². The summed E-state index contributed by atoms with van der Waals surface area (Å²) in [6, 6.07) is 7.60. The van der Waals surface area contributed by atoms with Gasteiger partial charge < -0.3 is 5.32 Å². The third-order valence-electron chi connectivity index (χ3n) is 2.26. The Balaban J connectivity index is 2.66. The minimum atomic E-state index is -0.280. The molecule has 0 aromatic heterocycles. The van der Waals surface area contributed by atoms with Gasteiger partial charge in [0.1, 0.15) is 6.04 Å². The van der Waals surface area contributed by atoms with Crippen molar-refractivity contribution < 1.29 is 4.79 Å². The van der Waals surface area contributed by atoms with E-state index in [1.54, 1.807) is 0 Å². The van der Waals surface area contributed by atoms with Gasteiger partial charge in [0.05, 0.1) is 0 Å². The summed E-state index contributed by atoms with van der Waals surface area (Å²) in [6.07, 6.45) is 0.691. The van der Waals surface area contributed by atoms with Crippen LogP contribution >= 0.6 is 0 Å². The summed E-state index contributed by atoms with van der Waals surface area (Å²) in [7, 11) is 0. The minimum absolute atomic E-state index is 0.196. The van der Waals surface area contributed by atoms with Crippen LogP contribution in [0.25, 0.3) is 0 Å². The molecule has 4 heteroatoms. The molecule has 1 aromatic rings. The Kier molecular flexibility index (Phi) is 4.12. The van der Waals surface area contributed by atoms with Crippen molar-refractivity contribution in [1.29, 1.82) is 0 Å². The molecular formula is C11H17N3O. The minimum Gasteiger partial charge on any atom is -0.374 e. The Morgan fingerprint density at radius 2 is 2.00 bits per heavy atom. The summed E-state index contributed by atoms with van der Waals surface area (Å²) >= 11 is 0. The molecule has 0 spiro atoms. The highest BCUT2D eigenvalue weighted by Gasteiger charge is 2.14. The second-order valence-electron chi connectivity index (χ2n) is 3.48. The van der Waals surface area contributed by atoms with E-state index < -0.39 is 0 Å². The van der Waals surface area contributed by atoms with Gasteiger partial charge in [-0.3, -0.25) is 10.2 Å². The first-order valence-electron chi connectivity index (χ1n) is 5.01. The standard InChI is InChI=1S/C11H17N3O/c1-3-10(11(15)14-12)13-9-6-4-8(2)5-7-9/h4-7,10,13H,3,12H2,1-2H3,(H,14,15)/t10-/m1/s1. The van der Waals surface area contributed by atoms with E-state index in [1.165, 1.54) is 5.56 Å². The van der Waals surface area contributed by atoms with Crippen LogP contribution in [0.5, 0.6) is 0 Å². The maximum absolute atomic E-state index is 11.3. The lowest BCUT2D eigenvalue weighted by atomic mass is 10.2. The van der Waals surface area contributed by atoms with Crippen molar-refractivity contribution in [2.45, 2.75) is 26.3 Å². The van der Waals surface area contributed by atoms with Crippen LogP contribution < -0.4 is 16.6 Å². The van der Waals surface area contributed by atoms with Crippen molar-refractivity contribution in [2.75, 3.05) is 5.32 Å². The molecular weight excluding hydrogens is 190 g/mol. The summed E-state index contributed by atoms with van der Waals surface area (Å²) < 4.78 is 0. The molecule has 82 valence electrons. The number of hydrogen-bond donors (Lipinski definition) is 3. The first kappa shape index (κ1) is 11.5. The first-order chi connectivity index (χ1) is 7.17. The highest BCUT2D eigenvalue weighted by molar-refractivity contribution is 5.83. The maximum atomic E-state index is 11.3. The predicted octanol–water partition coefficient (Wildman–Crippen LogP) is 1.18. The smallest absolute Gasteiger partial charge is 0.256 e. The van der Waals surface area contributed by atoms with Crippen LogP contribution in [-0.2, 0) is 4.79 Å². The number of hydrogen-bond acceptors (Lipinski definition) is 3. The lowest BCUT2D eigenvalue weighted by molar-refractivity contribution is -0.121. The summed E-state index contributed by atoms with van der Waals surface area (Å²) in [4.78, 5) is 11.3. The van der Waals surface area contributed by atoms with Crippen LogP contribution in [0.4, 0.5) is 5.69 Å². The average molecular weight is 207 g/mol. The number of nitrogens with one attached hydrogen (secondary N) is 2. The summed E-state index contributed by atoms with van der Waals surface area (Å²) in [5.74, 6) is 4.89. The number of carbonyl (C=O) groups excluding carboxylic acids is 1. The van der Waals surface area contributed by atoms with E-state index in [2.05, 4.69) is 10.7 Å². The Bertz CT molecular complexity index is 321. The molecule has 4 N–H and O–H groups in total.